The summed E-state index contributed by atoms with van der Waals surface area (Å²) in [6, 6.07) is 0.0117. The van der Waals surface area contributed by atoms with Gasteiger partial charge in [-0.05, 0) is 26.7 Å². The molecule has 4 heteroatoms. The molecule has 0 amide bonds. The summed E-state index contributed by atoms with van der Waals surface area (Å²) >= 11 is 0. The van der Waals surface area contributed by atoms with E-state index >= 15 is 0 Å². The fraction of sp³-hybridized carbons (Fsp3) is 0.636. The van der Waals surface area contributed by atoms with Crippen molar-refractivity contribution in [2.24, 2.45) is 5.73 Å². The lowest BCUT2D eigenvalue weighted by atomic mass is 10.1. The Morgan fingerprint density at radius 3 is 2.60 bits per heavy atom. The molecule has 0 unspecified atom stereocenters. The standard InChI is InChI=1S/C11H18N4/c1-8(12)10-7-13-11(14-9(10)2)15-5-3-4-6-15/h7-8H,3-6,12H2,1-2H3/t8-/m0/s1. The van der Waals surface area contributed by atoms with Gasteiger partial charge in [-0.2, -0.15) is 0 Å². The van der Waals surface area contributed by atoms with Crippen molar-refractivity contribution < 1.29 is 0 Å². The second-order valence-electron chi connectivity index (χ2n) is 4.19. The average molecular weight is 206 g/mol. The molecule has 0 aromatic carbocycles. The predicted octanol–water partition coefficient (Wildman–Crippen LogP) is 1.40. The van der Waals surface area contributed by atoms with E-state index in [1.807, 2.05) is 20.0 Å². The van der Waals surface area contributed by atoms with Gasteiger partial charge in [0.05, 0.1) is 0 Å². The molecule has 2 N–H and O–H groups in total. The molecule has 0 bridgehead atoms. The Morgan fingerprint density at radius 2 is 2.07 bits per heavy atom. The molecule has 2 rings (SSSR count). The van der Waals surface area contributed by atoms with Crippen molar-refractivity contribution in [2.75, 3.05) is 18.0 Å². The minimum atomic E-state index is 0.0117. The second-order valence-corrected chi connectivity index (χ2v) is 4.19. The third-order valence-electron chi connectivity index (χ3n) is 2.88. The van der Waals surface area contributed by atoms with E-state index in [2.05, 4.69) is 14.9 Å². The normalized spacial score (nSPS) is 18.2. The second kappa shape index (κ2) is 4.14. The van der Waals surface area contributed by atoms with Crippen molar-refractivity contribution in [3.05, 3.63) is 17.5 Å². The van der Waals surface area contributed by atoms with E-state index in [0.717, 1.165) is 30.3 Å². The summed E-state index contributed by atoms with van der Waals surface area (Å²) in [5.74, 6) is 0.856. The number of hydrogen-bond donors (Lipinski definition) is 1. The van der Waals surface area contributed by atoms with Gasteiger partial charge in [0.2, 0.25) is 5.95 Å². The molecule has 0 spiro atoms. The predicted molar refractivity (Wildman–Crippen MR) is 60.8 cm³/mol. The molecule has 82 valence electrons. The summed E-state index contributed by atoms with van der Waals surface area (Å²) in [6.45, 7) is 6.12. The maximum atomic E-state index is 5.82. The van der Waals surface area contributed by atoms with Crippen LogP contribution in [0.25, 0.3) is 0 Å². The Kier molecular flexibility index (Phi) is 2.86. The zero-order chi connectivity index (χ0) is 10.8. The van der Waals surface area contributed by atoms with Gasteiger partial charge in [-0.1, -0.05) is 0 Å². The van der Waals surface area contributed by atoms with Crippen LogP contribution in [-0.2, 0) is 0 Å². The number of hydrogen-bond acceptors (Lipinski definition) is 4. The quantitative estimate of drug-likeness (QED) is 0.794. The molecule has 0 saturated carbocycles. The SMILES string of the molecule is Cc1nc(N2CCCC2)ncc1[C@H](C)N. The lowest BCUT2D eigenvalue weighted by molar-refractivity contribution is 0.780. The molecular formula is C11H18N4. The van der Waals surface area contributed by atoms with Crippen LogP contribution in [0, 0.1) is 6.92 Å². The van der Waals surface area contributed by atoms with Crippen LogP contribution in [0.5, 0.6) is 0 Å². The maximum Gasteiger partial charge on any atom is 0.225 e. The van der Waals surface area contributed by atoms with Crippen LogP contribution in [0.3, 0.4) is 0 Å². The first-order valence-electron chi connectivity index (χ1n) is 5.52. The summed E-state index contributed by atoms with van der Waals surface area (Å²) in [5, 5.41) is 0. The molecular weight excluding hydrogens is 188 g/mol. The molecule has 1 aliphatic rings. The molecule has 1 aromatic heterocycles. The number of aromatic nitrogens is 2. The van der Waals surface area contributed by atoms with Crippen LogP contribution in [0.1, 0.15) is 37.1 Å². The highest BCUT2D eigenvalue weighted by molar-refractivity contribution is 5.34. The molecule has 2 heterocycles. The lowest BCUT2D eigenvalue weighted by Crippen LogP contribution is -2.21. The van der Waals surface area contributed by atoms with Crippen molar-refractivity contribution in [1.82, 2.24) is 9.97 Å². The molecule has 15 heavy (non-hydrogen) atoms. The Hall–Kier alpha value is -1.16. The zero-order valence-corrected chi connectivity index (χ0v) is 9.40. The van der Waals surface area contributed by atoms with E-state index in [0.29, 0.717) is 0 Å². The third kappa shape index (κ3) is 2.09. The van der Waals surface area contributed by atoms with Crippen molar-refractivity contribution in [3.63, 3.8) is 0 Å². The number of aryl methyl sites for hydroxylation is 1. The van der Waals surface area contributed by atoms with Gasteiger partial charge >= 0.3 is 0 Å². The monoisotopic (exact) mass is 206 g/mol. The minimum Gasteiger partial charge on any atom is -0.341 e. The topological polar surface area (TPSA) is 55.0 Å². The first-order valence-corrected chi connectivity index (χ1v) is 5.52. The highest BCUT2D eigenvalue weighted by Crippen LogP contribution is 2.19. The molecule has 4 nitrogen and oxygen atoms in total. The van der Waals surface area contributed by atoms with Crippen molar-refractivity contribution in [2.45, 2.75) is 32.7 Å². The summed E-state index contributed by atoms with van der Waals surface area (Å²) in [5.41, 5.74) is 7.87. The van der Waals surface area contributed by atoms with E-state index in [4.69, 9.17) is 5.73 Å². The van der Waals surface area contributed by atoms with Gasteiger partial charge in [-0.15, -0.1) is 0 Å². The fourth-order valence-electron chi connectivity index (χ4n) is 1.98. The molecule has 1 aliphatic heterocycles. The highest BCUT2D eigenvalue weighted by atomic mass is 15.3. The van der Waals surface area contributed by atoms with Gasteiger partial charge in [0.15, 0.2) is 0 Å². The van der Waals surface area contributed by atoms with Gasteiger partial charge in [-0.25, -0.2) is 9.97 Å². The molecule has 0 radical (unpaired) electrons. The molecule has 1 aromatic rings. The number of anilines is 1. The van der Waals surface area contributed by atoms with Crippen LogP contribution in [0.15, 0.2) is 6.20 Å². The largest absolute Gasteiger partial charge is 0.341 e. The fourth-order valence-corrected chi connectivity index (χ4v) is 1.98. The molecule has 1 fully saturated rings. The van der Waals surface area contributed by atoms with Gasteiger partial charge < -0.3 is 10.6 Å². The smallest absolute Gasteiger partial charge is 0.225 e. The molecule has 1 atom stereocenters. The van der Waals surface area contributed by atoms with Crippen molar-refractivity contribution >= 4 is 5.95 Å². The first-order chi connectivity index (χ1) is 7.18. The Balaban J connectivity index is 2.24. The highest BCUT2D eigenvalue weighted by Gasteiger charge is 2.16. The van der Waals surface area contributed by atoms with Crippen LogP contribution < -0.4 is 10.6 Å². The number of nitrogens with two attached hydrogens (primary N) is 1. The minimum absolute atomic E-state index is 0.0117. The van der Waals surface area contributed by atoms with Gasteiger partial charge in [0.1, 0.15) is 0 Å². The number of nitrogens with zero attached hydrogens (tertiary/aromatic N) is 3. The maximum absolute atomic E-state index is 5.82. The Morgan fingerprint density at radius 1 is 1.40 bits per heavy atom. The molecule has 0 aliphatic carbocycles. The van der Waals surface area contributed by atoms with E-state index in [-0.39, 0.29) is 6.04 Å². The number of rotatable bonds is 2. The van der Waals surface area contributed by atoms with Crippen LogP contribution in [0.4, 0.5) is 5.95 Å². The third-order valence-corrected chi connectivity index (χ3v) is 2.88. The summed E-state index contributed by atoms with van der Waals surface area (Å²) in [6.07, 6.45) is 4.36. The van der Waals surface area contributed by atoms with Gasteiger partial charge in [-0.3, -0.25) is 0 Å². The van der Waals surface area contributed by atoms with Gasteiger partial charge in [0.25, 0.3) is 0 Å². The summed E-state index contributed by atoms with van der Waals surface area (Å²) in [7, 11) is 0. The van der Waals surface area contributed by atoms with Crippen LogP contribution >= 0.6 is 0 Å². The van der Waals surface area contributed by atoms with E-state index < -0.39 is 0 Å². The lowest BCUT2D eigenvalue weighted by Gasteiger charge is -2.17. The van der Waals surface area contributed by atoms with Crippen molar-refractivity contribution in [1.29, 1.82) is 0 Å². The van der Waals surface area contributed by atoms with Crippen LogP contribution in [-0.4, -0.2) is 23.1 Å². The Labute approximate surface area is 90.5 Å². The van der Waals surface area contributed by atoms with E-state index in [1.165, 1.54) is 12.8 Å². The van der Waals surface area contributed by atoms with E-state index in [9.17, 15) is 0 Å². The zero-order valence-electron chi connectivity index (χ0n) is 9.40. The summed E-state index contributed by atoms with van der Waals surface area (Å²) in [4.78, 5) is 11.1. The van der Waals surface area contributed by atoms with Gasteiger partial charge in [0, 0.05) is 36.6 Å². The first kappa shape index (κ1) is 10.4. The summed E-state index contributed by atoms with van der Waals surface area (Å²) < 4.78 is 0. The molecule has 1 saturated heterocycles. The average Bonchev–Trinajstić information content (AvgIpc) is 2.69. The van der Waals surface area contributed by atoms with Crippen LogP contribution in [0.2, 0.25) is 0 Å². The Bertz CT molecular complexity index is 342. The van der Waals surface area contributed by atoms with Crippen molar-refractivity contribution in [3.8, 4) is 0 Å². The van der Waals surface area contributed by atoms with E-state index in [1.54, 1.807) is 0 Å².